The fourth-order valence-corrected chi connectivity index (χ4v) is 1.74. The summed E-state index contributed by atoms with van der Waals surface area (Å²) in [5, 5.41) is 12.8. The Morgan fingerprint density at radius 2 is 2.19 bits per heavy atom. The lowest BCUT2D eigenvalue weighted by Gasteiger charge is -2.20. The zero-order valence-electron chi connectivity index (χ0n) is 9.00. The molecule has 0 fully saturated rings. The van der Waals surface area contributed by atoms with Gasteiger partial charge in [0.1, 0.15) is 13.2 Å². The molecule has 0 bridgehead atoms. The predicted octanol–water partition coefficient (Wildman–Crippen LogP) is 1.90. The van der Waals surface area contributed by atoms with Gasteiger partial charge in [0, 0.05) is 18.3 Å². The molecule has 1 aliphatic rings. The van der Waals surface area contributed by atoms with E-state index in [9.17, 15) is 0 Å². The Balaban J connectivity index is 2.18. The highest BCUT2D eigenvalue weighted by Crippen LogP contribution is 2.39. The fraction of sp³-hybridized carbons (Fsp3) is 0.455. The molecule has 88 valence electrons. The molecule has 0 saturated heterocycles. The van der Waals surface area contributed by atoms with Crippen LogP contribution in [0, 0.1) is 0 Å². The quantitative estimate of drug-likeness (QED) is 0.852. The first-order chi connectivity index (χ1) is 7.66. The van der Waals surface area contributed by atoms with Crippen LogP contribution >= 0.6 is 11.6 Å². The van der Waals surface area contributed by atoms with Crippen molar-refractivity contribution in [1.29, 1.82) is 0 Å². The monoisotopic (exact) mass is 243 g/mol. The lowest BCUT2D eigenvalue weighted by molar-refractivity contribution is 0.172. The van der Waals surface area contributed by atoms with Crippen molar-refractivity contribution in [2.45, 2.75) is 13.0 Å². The Kier molecular flexibility index (Phi) is 3.41. The largest absolute Gasteiger partial charge is 0.486 e. The lowest BCUT2D eigenvalue weighted by Crippen LogP contribution is -2.17. The first-order valence-electron chi connectivity index (χ1n) is 5.18. The average molecular weight is 244 g/mol. The van der Waals surface area contributed by atoms with Gasteiger partial charge in [-0.15, -0.1) is 0 Å². The van der Waals surface area contributed by atoms with Gasteiger partial charge in [-0.3, -0.25) is 0 Å². The van der Waals surface area contributed by atoms with Crippen LogP contribution in [0.25, 0.3) is 0 Å². The smallest absolute Gasteiger partial charge is 0.180 e. The van der Waals surface area contributed by atoms with Gasteiger partial charge in [0.2, 0.25) is 0 Å². The van der Waals surface area contributed by atoms with E-state index in [1.54, 1.807) is 13.0 Å². The number of halogens is 1. The van der Waals surface area contributed by atoms with E-state index in [0.29, 0.717) is 36.3 Å². The van der Waals surface area contributed by atoms with Gasteiger partial charge < -0.3 is 19.9 Å². The van der Waals surface area contributed by atoms with Gasteiger partial charge in [0.05, 0.1) is 11.1 Å². The highest BCUT2D eigenvalue weighted by molar-refractivity contribution is 6.32. The number of rotatable bonds is 3. The third-order valence-electron chi connectivity index (χ3n) is 2.20. The number of anilines is 1. The number of nitrogens with one attached hydrogen (secondary N) is 1. The Hall–Kier alpha value is -1.13. The van der Waals surface area contributed by atoms with E-state index in [2.05, 4.69) is 5.32 Å². The Bertz CT molecular complexity index is 382. The van der Waals surface area contributed by atoms with Crippen molar-refractivity contribution in [3.8, 4) is 11.5 Å². The number of ether oxygens (including phenoxy) is 2. The molecule has 1 unspecified atom stereocenters. The predicted molar refractivity (Wildman–Crippen MR) is 62.6 cm³/mol. The van der Waals surface area contributed by atoms with Crippen LogP contribution < -0.4 is 14.8 Å². The van der Waals surface area contributed by atoms with Crippen molar-refractivity contribution >= 4 is 17.3 Å². The summed E-state index contributed by atoms with van der Waals surface area (Å²) in [5.41, 5.74) is 0.815. The first kappa shape index (κ1) is 11.4. The summed E-state index contributed by atoms with van der Waals surface area (Å²) in [4.78, 5) is 0. The Morgan fingerprint density at radius 3 is 2.94 bits per heavy atom. The van der Waals surface area contributed by atoms with E-state index < -0.39 is 6.10 Å². The molecular weight excluding hydrogens is 230 g/mol. The number of hydrogen-bond acceptors (Lipinski definition) is 4. The third kappa shape index (κ3) is 2.51. The normalized spacial score (nSPS) is 15.7. The molecule has 1 aromatic rings. The van der Waals surface area contributed by atoms with Crippen molar-refractivity contribution in [2.75, 3.05) is 25.1 Å². The van der Waals surface area contributed by atoms with E-state index in [0.717, 1.165) is 5.69 Å². The van der Waals surface area contributed by atoms with Crippen LogP contribution in [0.2, 0.25) is 5.02 Å². The second kappa shape index (κ2) is 4.80. The van der Waals surface area contributed by atoms with E-state index in [1.165, 1.54) is 0 Å². The van der Waals surface area contributed by atoms with Gasteiger partial charge in [0.25, 0.3) is 0 Å². The minimum Gasteiger partial charge on any atom is -0.486 e. The molecule has 0 aromatic heterocycles. The average Bonchev–Trinajstić information content (AvgIpc) is 2.26. The summed E-state index contributed by atoms with van der Waals surface area (Å²) >= 11 is 6.06. The van der Waals surface area contributed by atoms with E-state index in [4.69, 9.17) is 26.2 Å². The van der Waals surface area contributed by atoms with Crippen LogP contribution in [0.4, 0.5) is 5.69 Å². The number of aliphatic hydroxyl groups is 1. The van der Waals surface area contributed by atoms with Gasteiger partial charge in [-0.1, -0.05) is 11.6 Å². The van der Waals surface area contributed by atoms with Gasteiger partial charge in [0.15, 0.2) is 11.5 Å². The Labute approximate surface area is 99.1 Å². The summed E-state index contributed by atoms with van der Waals surface area (Å²) in [7, 11) is 0. The van der Waals surface area contributed by atoms with Crippen molar-refractivity contribution in [1.82, 2.24) is 0 Å². The van der Waals surface area contributed by atoms with Crippen LogP contribution in [0.5, 0.6) is 11.5 Å². The molecule has 2 rings (SSSR count). The zero-order valence-corrected chi connectivity index (χ0v) is 9.75. The Morgan fingerprint density at radius 1 is 1.44 bits per heavy atom. The van der Waals surface area contributed by atoms with Crippen LogP contribution in [-0.2, 0) is 0 Å². The molecular formula is C11H14ClNO3. The lowest BCUT2D eigenvalue weighted by atomic mass is 10.2. The van der Waals surface area contributed by atoms with E-state index in [-0.39, 0.29) is 0 Å². The van der Waals surface area contributed by atoms with Crippen LogP contribution in [0.15, 0.2) is 12.1 Å². The molecule has 0 spiro atoms. The van der Waals surface area contributed by atoms with Crippen molar-refractivity contribution in [3.63, 3.8) is 0 Å². The molecule has 1 aromatic carbocycles. The van der Waals surface area contributed by atoms with Crippen LogP contribution in [0.3, 0.4) is 0 Å². The molecule has 4 nitrogen and oxygen atoms in total. The molecule has 16 heavy (non-hydrogen) atoms. The maximum Gasteiger partial charge on any atom is 0.180 e. The fourth-order valence-electron chi connectivity index (χ4n) is 1.48. The van der Waals surface area contributed by atoms with Crippen molar-refractivity contribution in [2.24, 2.45) is 0 Å². The minimum absolute atomic E-state index is 0.410. The summed E-state index contributed by atoms with van der Waals surface area (Å²) in [6, 6.07) is 3.58. The maximum absolute atomic E-state index is 9.17. The molecule has 0 aliphatic carbocycles. The number of fused-ring (bicyclic) bond motifs is 1. The van der Waals surface area contributed by atoms with Gasteiger partial charge in [-0.2, -0.15) is 0 Å². The van der Waals surface area contributed by atoms with Crippen LogP contribution in [0.1, 0.15) is 6.92 Å². The molecule has 1 heterocycles. The van der Waals surface area contributed by atoms with Crippen molar-refractivity contribution < 1.29 is 14.6 Å². The number of benzene rings is 1. The first-order valence-corrected chi connectivity index (χ1v) is 5.55. The number of hydrogen-bond donors (Lipinski definition) is 2. The molecule has 0 amide bonds. The molecule has 5 heteroatoms. The third-order valence-corrected chi connectivity index (χ3v) is 2.48. The standard InChI is InChI=1S/C11H14ClNO3/c1-7(14)6-13-8-4-9(12)11-10(5-8)15-2-3-16-11/h4-5,7,13-14H,2-3,6H2,1H3. The van der Waals surface area contributed by atoms with Crippen LogP contribution in [-0.4, -0.2) is 31.0 Å². The molecule has 2 N–H and O–H groups in total. The highest BCUT2D eigenvalue weighted by Gasteiger charge is 2.16. The second-order valence-corrected chi connectivity index (χ2v) is 4.12. The maximum atomic E-state index is 9.17. The minimum atomic E-state index is -0.410. The molecule has 0 radical (unpaired) electrons. The zero-order chi connectivity index (χ0) is 11.5. The second-order valence-electron chi connectivity index (χ2n) is 3.71. The summed E-state index contributed by atoms with van der Waals surface area (Å²) in [5.74, 6) is 1.24. The summed E-state index contributed by atoms with van der Waals surface area (Å²) in [6.07, 6.45) is -0.410. The van der Waals surface area contributed by atoms with Gasteiger partial charge in [-0.25, -0.2) is 0 Å². The summed E-state index contributed by atoms with van der Waals surface area (Å²) in [6.45, 7) is 3.24. The van der Waals surface area contributed by atoms with Gasteiger partial charge in [-0.05, 0) is 13.0 Å². The highest BCUT2D eigenvalue weighted by atomic mass is 35.5. The topological polar surface area (TPSA) is 50.7 Å². The molecule has 0 saturated carbocycles. The molecule has 1 atom stereocenters. The van der Waals surface area contributed by atoms with E-state index >= 15 is 0 Å². The summed E-state index contributed by atoms with van der Waals surface area (Å²) < 4.78 is 10.8. The van der Waals surface area contributed by atoms with E-state index in [1.807, 2.05) is 6.07 Å². The van der Waals surface area contributed by atoms with Crippen molar-refractivity contribution in [3.05, 3.63) is 17.2 Å². The SMILES string of the molecule is CC(O)CNc1cc(Cl)c2c(c1)OCCO2. The van der Waals surface area contributed by atoms with Gasteiger partial charge >= 0.3 is 0 Å². The molecule has 1 aliphatic heterocycles. The number of aliphatic hydroxyl groups excluding tert-OH is 1.